The number of aliphatic hydroxyl groups is 1. The number of aliphatic hydroxyl groups excluding tert-OH is 1. The summed E-state index contributed by atoms with van der Waals surface area (Å²) in [6.07, 6.45) is 3.39. The number of nitrogens with one attached hydrogen (secondary N) is 2. The average molecular weight is 400 g/mol. The summed E-state index contributed by atoms with van der Waals surface area (Å²) in [6, 6.07) is 9.99. The number of aromatic nitrogens is 3. The van der Waals surface area contributed by atoms with E-state index in [0.29, 0.717) is 28.2 Å². The highest BCUT2D eigenvalue weighted by atomic mass is 35.5. The first-order valence-corrected chi connectivity index (χ1v) is 9.26. The van der Waals surface area contributed by atoms with E-state index >= 15 is 0 Å². The summed E-state index contributed by atoms with van der Waals surface area (Å²) in [4.78, 5) is 13.1. The fraction of sp³-hybridized carbons (Fsp3) is 0.250. The quantitative estimate of drug-likeness (QED) is 0.444. The van der Waals surface area contributed by atoms with Crippen molar-refractivity contribution in [1.82, 2.24) is 15.0 Å². The molecule has 0 fully saturated rings. The van der Waals surface area contributed by atoms with E-state index in [1.165, 1.54) is 6.07 Å². The first kappa shape index (κ1) is 19.9. The maximum Gasteiger partial charge on any atom is 0.225 e. The van der Waals surface area contributed by atoms with Crippen LogP contribution in [0.5, 0.6) is 5.75 Å². The van der Waals surface area contributed by atoms with Crippen molar-refractivity contribution >= 4 is 29.1 Å². The van der Waals surface area contributed by atoms with Gasteiger partial charge in [-0.1, -0.05) is 25.4 Å². The van der Waals surface area contributed by atoms with E-state index in [4.69, 9.17) is 11.6 Å². The topological polar surface area (TPSA) is 103 Å². The number of halogens is 1. The number of phenols is 1. The van der Waals surface area contributed by atoms with Crippen LogP contribution in [0.25, 0.3) is 11.3 Å². The Balaban J connectivity index is 1.99. The molecule has 0 aliphatic heterocycles. The Morgan fingerprint density at radius 3 is 2.46 bits per heavy atom. The van der Waals surface area contributed by atoms with Crippen LogP contribution in [-0.4, -0.2) is 37.8 Å². The van der Waals surface area contributed by atoms with E-state index in [9.17, 15) is 10.2 Å². The molecular weight excluding hydrogens is 378 g/mol. The molecule has 0 saturated heterocycles. The Hall–Kier alpha value is -2.90. The van der Waals surface area contributed by atoms with Gasteiger partial charge in [0.1, 0.15) is 11.6 Å². The minimum atomic E-state index is -0.183. The summed E-state index contributed by atoms with van der Waals surface area (Å²) < 4.78 is 0. The van der Waals surface area contributed by atoms with Crippen LogP contribution in [0.15, 0.2) is 48.8 Å². The Morgan fingerprint density at radius 1 is 1.07 bits per heavy atom. The first-order valence-electron chi connectivity index (χ1n) is 8.88. The van der Waals surface area contributed by atoms with Crippen molar-refractivity contribution in [3.05, 3.63) is 53.8 Å². The molecule has 2 heterocycles. The van der Waals surface area contributed by atoms with Crippen molar-refractivity contribution in [2.45, 2.75) is 19.9 Å². The van der Waals surface area contributed by atoms with Crippen LogP contribution in [0, 0.1) is 5.92 Å². The molecule has 0 amide bonds. The summed E-state index contributed by atoms with van der Waals surface area (Å²) >= 11 is 6.20. The third-order valence-corrected chi connectivity index (χ3v) is 4.55. The number of phenolic OH excluding ortho intramolecular Hbond substituents is 1. The van der Waals surface area contributed by atoms with Gasteiger partial charge in [0, 0.05) is 30.1 Å². The molecule has 28 heavy (non-hydrogen) atoms. The fourth-order valence-corrected chi connectivity index (χ4v) is 2.80. The second-order valence-corrected chi connectivity index (χ2v) is 7.07. The highest BCUT2D eigenvalue weighted by molar-refractivity contribution is 6.33. The number of rotatable bonds is 7. The third-order valence-electron chi connectivity index (χ3n) is 4.23. The molecule has 0 aliphatic rings. The lowest BCUT2D eigenvalue weighted by molar-refractivity contribution is 0.248. The Kier molecular flexibility index (Phi) is 6.28. The van der Waals surface area contributed by atoms with Crippen LogP contribution in [0.3, 0.4) is 0 Å². The standard InChI is InChI=1S/C20H22ClN5O2/c1-12(2)18(11-27)25-20-24-17(13-5-7-22-8-6-13)10-19(26-20)23-16-4-3-14(28)9-15(16)21/h3-10,12,18,27-28H,11H2,1-2H3,(H2,23,24,25,26)/t18-/m0/s1. The van der Waals surface area contributed by atoms with Crippen LogP contribution < -0.4 is 10.6 Å². The second kappa shape index (κ2) is 8.86. The molecule has 146 valence electrons. The summed E-state index contributed by atoms with van der Waals surface area (Å²) in [5.74, 6) is 1.19. The number of aromatic hydroxyl groups is 1. The molecular formula is C20H22ClN5O2. The van der Waals surface area contributed by atoms with Crippen LogP contribution >= 0.6 is 11.6 Å². The molecule has 0 radical (unpaired) electrons. The van der Waals surface area contributed by atoms with E-state index in [0.717, 1.165) is 5.56 Å². The minimum Gasteiger partial charge on any atom is -0.508 e. The van der Waals surface area contributed by atoms with Gasteiger partial charge in [0.2, 0.25) is 5.95 Å². The number of anilines is 3. The molecule has 0 unspecified atom stereocenters. The zero-order chi connectivity index (χ0) is 20.1. The monoisotopic (exact) mass is 399 g/mol. The molecule has 1 aromatic carbocycles. The summed E-state index contributed by atoms with van der Waals surface area (Å²) in [5, 5.41) is 25.9. The SMILES string of the molecule is CC(C)[C@H](CO)Nc1nc(Nc2ccc(O)cc2Cl)cc(-c2ccncc2)n1. The van der Waals surface area contributed by atoms with Gasteiger partial charge in [-0.2, -0.15) is 4.98 Å². The van der Waals surface area contributed by atoms with Gasteiger partial charge in [-0.05, 0) is 30.2 Å². The van der Waals surface area contributed by atoms with Gasteiger partial charge < -0.3 is 20.8 Å². The van der Waals surface area contributed by atoms with Gasteiger partial charge in [0.15, 0.2) is 0 Å². The van der Waals surface area contributed by atoms with Crippen LogP contribution in [0.1, 0.15) is 13.8 Å². The zero-order valence-corrected chi connectivity index (χ0v) is 16.4. The van der Waals surface area contributed by atoms with Crippen LogP contribution in [0.2, 0.25) is 5.02 Å². The average Bonchev–Trinajstić information content (AvgIpc) is 2.68. The molecule has 0 spiro atoms. The molecule has 1 atom stereocenters. The number of pyridine rings is 1. The van der Waals surface area contributed by atoms with Crippen molar-refractivity contribution in [1.29, 1.82) is 0 Å². The second-order valence-electron chi connectivity index (χ2n) is 6.66. The van der Waals surface area contributed by atoms with Gasteiger partial charge in [0.25, 0.3) is 0 Å². The zero-order valence-electron chi connectivity index (χ0n) is 15.6. The van der Waals surface area contributed by atoms with Crippen LogP contribution in [0.4, 0.5) is 17.5 Å². The van der Waals surface area contributed by atoms with Crippen molar-refractivity contribution in [2.75, 3.05) is 17.2 Å². The van der Waals surface area contributed by atoms with Gasteiger partial charge in [-0.15, -0.1) is 0 Å². The Bertz CT molecular complexity index is 937. The highest BCUT2D eigenvalue weighted by Gasteiger charge is 2.15. The molecule has 2 aromatic heterocycles. The number of benzene rings is 1. The molecule has 7 nitrogen and oxygen atoms in total. The van der Waals surface area contributed by atoms with E-state index in [2.05, 4.69) is 25.6 Å². The number of hydrogen-bond donors (Lipinski definition) is 4. The number of nitrogens with zero attached hydrogens (tertiary/aromatic N) is 3. The van der Waals surface area contributed by atoms with Gasteiger partial charge in [0.05, 0.1) is 29.1 Å². The largest absolute Gasteiger partial charge is 0.508 e. The lowest BCUT2D eigenvalue weighted by atomic mass is 10.1. The van der Waals surface area contributed by atoms with E-state index in [1.807, 2.05) is 26.0 Å². The Morgan fingerprint density at radius 2 is 1.82 bits per heavy atom. The predicted octanol–water partition coefficient (Wildman–Crippen LogP) is 4.07. The van der Waals surface area contributed by atoms with Gasteiger partial charge >= 0.3 is 0 Å². The molecule has 3 aromatic rings. The lowest BCUT2D eigenvalue weighted by Crippen LogP contribution is -2.30. The summed E-state index contributed by atoms with van der Waals surface area (Å²) in [5.41, 5.74) is 2.18. The van der Waals surface area contributed by atoms with Gasteiger partial charge in [-0.3, -0.25) is 4.98 Å². The first-order chi connectivity index (χ1) is 13.5. The summed E-state index contributed by atoms with van der Waals surface area (Å²) in [7, 11) is 0. The molecule has 8 heteroatoms. The highest BCUT2D eigenvalue weighted by Crippen LogP contribution is 2.30. The molecule has 0 saturated carbocycles. The van der Waals surface area contributed by atoms with Crippen molar-refractivity contribution in [3.8, 4) is 17.0 Å². The van der Waals surface area contributed by atoms with Gasteiger partial charge in [-0.25, -0.2) is 4.98 Å². The maximum atomic E-state index is 9.63. The molecule has 0 bridgehead atoms. The summed E-state index contributed by atoms with van der Waals surface area (Å²) in [6.45, 7) is 3.99. The van der Waals surface area contributed by atoms with Crippen molar-refractivity contribution in [2.24, 2.45) is 5.92 Å². The maximum absolute atomic E-state index is 9.63. The minimum absolute atomic E-state index is 0.0347. The van der Waals surface area contributed by atoms with Crippen LogP contribution in [-0.2, 0) is 0 Å². The number of hydrogen-bond acceptors (Lipinski definition) is 7. The van der Waals surface area contributed by atoms with E-state index < -0.39 is 0 Å². The van der Waals surface area contributed by atoms with Crippen molar-refractivity contribution < 1.29 is 10.2 Å². The van der Waals surface area contributed by atoms with E-state index in [1.54, 1.807) is 30.6 Å². The third kappa shape index (κ3) is 4.88. The molecule has 4 N–H and O–H groups in total. The predicted molar refractivity (Wildman–Crippen MR) is 111 cm³/mol. The normalized spacial score (nSPS) is 12.0. The van der Waals surface area contributed by atoms with Crippen molar-refractivity contribution in [3.63, 3.8) is 0 Å². The fourth-order valence-electron chi connectivity index (χ4n) is 2.58. The lowest BCUT2D eigenvalue weighted by Gasteiger charge is -2.21. The van der Waals surface area contributed by atoms with E-state index in [-0.39, 0.29) is 24.3 Å². The molecule has 0 aliphatic carbocycles. The molecule has 3 rings (SSSR count). The smallest absolute Gasteiger partial charge is 0.225 e. The Labute approximate surface area is 168 Å².